The first-order valence-corrected chi connectivity index (χ1v) is 9.53. The number of aromatic nitrogens is 2. The highest BCUT2D eigenvalue weighted by atomic mass is 16.6. The zero-order valence-electron chi connectivity index (χ0n) is 17.3. The van der Waals surface area contributed by atoms with Crippen molar-refractivity contribution in [2.75, 3.05) is 13.7 Å². The highest BCUT2D eigenvalue weighted by Crippen LogP contribution is 2.40. The fourth-order valence-corrected chi connectivity index (χ4v) is 3.57. The number of dihydropyridines is 1. The lowest BCUT2D eigenvalue weighted by atomic mass is 9.80. The summed E-state index contributed by atoms with van der Waals surface area (Å²) in [6.45, 7) is 3.76. The number of carbonyl (C=O) groups excluding carboxylic acids is 2. The number of allylic oxidation sites excluding steroid dienone is 2. The van der Waals surface area contributed by atoms with Crippen molar-refractivity contribution >= 4 is 17.6 Å². The Kier molecular flexibility index (Phi) is 6.49. The zero-order chi connectivity index (χ0) is 22.5. The van der Waals surface area contributed by atoms with E-state index >= 15 is 0 Å². The van der Waals surface area contributed by atoms with Gasteiger partial charge in [-0.15, -0.1) is 0 Å². The first-order valence-electron chi connectivity index (χ1n) is 9.53. The van der Waals surface area contributed by atoms with Crippen LogP contribution in [-0.2, 0) is 25.6 Å². The minimum atomic E-state index is -0.911. The Labute approximate surface area is 178 Å². The molecule has 1 aromatic heterocycles. The number of rotatable bonds is 7. The number of non-ortho nitro benzene ring substituents is 1. The van der Waals surface area contributed by atoms with E-state index in [0.717, 1.165) is 0 Å². The van der Waals surface area contributed by atoms with Crippen LogP contribution < -0.4 is 5.32 Å². The fraction of sp³-hybridized carbons (Fsp3) is 0.286. The number of benzene rings is 1. The van der Waals surface area contributed by atoms with Crippen LogP contribution in [0.4, 0.5) is 5.69 Å². The number of esters is 2. The number of carbonyl (C=O) groups is 2. The molecule has 0 aliphatic carbocycles. The van der Waals surface area contributed by atoms with Gasteiger partial charge < -0.3 is 19.4 Å². The van der Waals surface area contributed by atoms with E-state index in [1.165, 1.54) is 25.3 Å². The van der Waals surface area contributed by atoms with Crippen molar-refractivity contribution in [1.82, 2.24) is 14.9 Å². The maximum absolute atomic E-state index is 12.9. The molecule has 10 nitrogen and oxygen atoms in total. The second-order valence-corrected chi connectivity index (χ2v) is 6.79. The Balaban J connectivity index is 2.23. The first-order chi connectivity index (χ1) is 14.9. The van der Waals surface area contributed by atoms with Crippen molar-refractivity contribution in [1.29, 1.82) is 0 Å². The molecule has 1 aliphatic rings. The Morgan fingerprint density at radius 2 is 2.06 bits per heavy atom. The van der Waals surface area contributed by atoms with Crippen LogP contribution in [0.15, 0.2) is 65.5 Å². The van der Waals surface area contributed by atoms with Crippen LogP contribution in [0.5, 0.6) is 0 Å². The first kappa shape index (κ1) is 21.8. The maximum atomic E-state index is 12.9. The molecule has 0 fully saturated rings. The van der Waals surface area contributed by atoms with Gasteiger partial charge in [0.15, 0.2) is 0 Å². The number of hydrogen-bond acceptors (Lipinski definition) is 8. The van der Waals surface area contributed by atoms with Gasteiger partial charge in [-0.1, -0.05) is 12.1 Å². The molecule has 1 aliphatic heterocycles. The largest absolute Gasteiger partial charge is 0.466 e. The molecule has 1 aromatic carbocycles. The Morgan fingerprint density at radius 3 is 2.68 bits per heavy atom. The number of nitro benzene ring substituents is 1. The molecule has 2 aromatic rings. The van der Waals surface area contributed by atoms with Crippen molar-refractivity contribution < 1.29 is 24.0 Å². The molecule has 2 heterocycles. The summed E-state index contributed by atoms with van der Waals surface area (Å²) in [4.78, 5) is 40.6. The maximum Gasteiger partial charge on any atom is 0.336 e. The molecule has 0 bridgehead atoms. The molecule has 162 valence electrons. The van der Waals surface area contributed by atoms with Gasteiger partial charge in [0.25, 0.3) is 5.69 Å². The molecule has 1 unspecified atom stereocenters. The van der Waals surface area contributed by atoms with Crippen LogP contribution in [0.3, 0.4) is 0 Å². The minimum Gasteiger partial charge on any atom is -0.466 e. The standard InChI is InChI=1S/C21H22N4O6/c1-4-31-21(27)17-13(2)23-16(11-24-9-8-22-12-24)19(20(26)30-3)18(17)14-6-5-7-15(10-14)25(28)29/h5-10,12,18,23H,4,11H2,1-3H3. The third kappa shape index (κ3) is 4.47. The fourth-order valence-electron chi connectivity index (χ4n) is 3.57. The van der Waals surface area contributed by atoms with Crippen LogP contribution >= 0.6 is 0 Å². The van der Waals surface area contributed by atoms with E-state index < -0.39 is 22.8 Å². The summed E-state index contributed by atoms with van der Waals surface area (Å²) in [5, 5.41) is 14.5. The molecule has 0 saturated heterocycles. The van der Waals surface area contributed by atoms with E-state index in [2.05, 4.69) is 10.3 Å². The van der Waals surface area contributed by atoms with Crippen LogP contribution in [0.25, 0.3) is 0 Å². The Morgan fingerprint density at radius 1 is 1.29 bits per heavy atom. The number of nitro groups is 1. The molecule has 1 atom stereocenters. The van der Waals surface area contributed by atoms with E-state index in [9.17, 15) is 19.7 Å². The molecule has 0 saturated carbocycles. The van der Waals surface area contributed by atoms with Gasteiger partial charge >= 0.3 is 11.9 Å². The van der Waals surface area contributed by atoms with Gasteiger partial charge in [-0.25, -0.2) is 14.6 Å². The lowest BCUT2D eigenvalue weighted by molar-refractivity contribution is -0.384. The van der Waals surface area contributed by atoms with Gasteiger partial charge in [0, 0.05) is 35.9 Å². The molecule has 1 N–H and O–H groups in total. The summed E-state index contributed by atoms with van der Waals surface area (Å²) in [7, 11) is 1.24. The summed E-state index contributed by atoms with van der Waals surface area (Å²) in [5.41, 5.74) is 1.59. The van der Waals surface area contributed by atoms with Crippen LogP contribution in [-0.4, -0.2) is 40.1 Å². The Hall–Kier alpha value is -3.95. The van der Waals surface area contributed by atoms with Crippen LogP contribution in [0.1, 0.15) is 25.3 Å². The molecular formula is C21H22N4O6. The summed E-state index contributed by atoms with van der Waals surface area (Å²) in [6.07, 6.45) is 4.92. The van der Waals surface area contributed by atoms with E-state index in [1.54, 1.807) is 43.2 Å². The quantitative estimate of drug-likeness (QED) is 0.406. The number of nitrogens with one attached hydrogen (secondary N) is 1. The lowest BCUT2D eigenvalue weighted by Gasteiger charge is -2.31. The number of hydrogen-bond donors (Lipinski definition) is 1. The van der Waals surface area contributed by atoms with Gasteiger partial charge in [-0.2, -0.15) is 0 Å². The van der Waals surface area contributed by atoms with Gasteiger partial charge in [-0.3, -0.25) is 10.1 Å². The highest BCUT2D eigenvalue weighted by molar-refractivity contribution is 6.00. The van der Waals surface area contributed by atoms with Gasteiger partial charge in [0.1, 0.15) is 0 Å². The topological polar surface area (TPSA) is 126 Å². The van der Waals surface area contributed by atoms with Gasteiger partial charge in [0.05, 0.1) is 48.6 Å². The second kappa shape index (κ2) is 9.24. The lowest BCUT2D eigenvalue weighted by Crippen LogP contribution is -2.34. The van der Waals surface area contributed by atoms with E-state index in [4.69, 9.17) is 9.47 Å². The number of imidazole rings is 1. The number of nitrogens with zero attached hydrogens (tertiary/aromatic N) is 3. The average molecular weight is 426 g/mol. The molecule has 0 spiro atoms. The van der Waals surface area contributed by atoms with E-state index in [0.29, 0.717) is 17.0 Å². The summed E-state index contributed by atoms with van der Waals surface area (Å²) < 4.78 is 12.0. The number of methoxy groups -OCH3 is 1. The monoisotopic (exact) mass is 426 g/mol. The smallest absolute Gasteiger partial charge is 0.336 e. The van der Waals surface area contributed by atoms with E-state index in [-0.39, 0.29) is 30.0 Å². The van der Waals surface area contributed by atoms with E-state index in [1.807, 2.05) is 0 Å². The summed E-state index contributed by atoms with van der Waals surface area (Å²) in [5.74, 6) is -2.19. The molecule has 0 radical (unpaired) electrons. The molecule has 3 rings (SSSR count). The molecule has 31 heavy (non-hydrogen) atoms. The van der Waals surface area contributed by atoms with Crippen LogP contribution in [0, 0.1) is 10.1 Å². The minimum absolute atomic E-state index is 0.135. The van der Waals surface area contributed by atoms with Gasteiger partial charge in [0.2, 0.25) is 0 Å². The highest BCUT2D eigenvalue weighted by Gasteiger charge is 2.39. The van der Waals surface area contributed by atoms with Crippen molar-refractivity contribution in [3.05, 3.63) is 81.2 Å². The molecular weight excluding hydrogens is 404 g/mol. The molecule has 0 amide bonds. The van der Waals surface area contributed by atoms with Crippen molar-refractivity contribution in [2.45, 2.75) is 26.3 Å². The zero-order valence-corrected chi connectivity index (χ0v) is 17.3. The van der Waals surface area contributed by atoms with Gasteiger partial charge in [-0.05, 0) is 19.4 Å². The SMILES string of the molecule is CCOC(=O)C1=C(C)NC(Cn2ccnc2)=C(C(=O)OC)C1c1cccc([N+](=O)[O-])c1. The van der Waals surface area contributed by atoms with Crippen molar-refractivity contribution in [2.24, 2.45) is 0 Å². The second-order valence-electron chi connectivity index (χ2n) is 6.79. The summed E-state index contributed by atoms with van der Waals surface area (Å²) in [6, 6.07) is 5.84. The van der Waals surface area contributed by atoms with Crippen molar-refractivity contribution in [3.63, 3.8) is 0 Å². The third-order valence-corrected chi connectivity index (χ3v) is 4.86. The average Bonchev–Trinajstić information content (AvgIpc) is 3.26. The van der Waals surface area contributed by atoms with Crippen LogP contribution in [0.2, 0.25) is 0 Å². The van der Waals surface area contributed by atoms with Crippen molar-refractivity contribution in [3.8, 4) is 0 Å². The predicted molar refractivity (Wildman–Crippen MR) is 110 cm³/mol. The predicted octanol–water partition coefficient (Wildman–Crippen LogP) is 2.44. The molecule has 10 heteroatoms. The normalized spacial score (nSPS) is 16.0. The third-order valence-electron chi connectivity index (χ3n) is 4.86. The number of ether oxygens (including phenoxy) is 2. The Bertz CT molecular complexity index is 1070. The summed E-state index contributed by atoms with van der Waals surface area (Å²) >= 11 is 0.